The molecule has 1 aliphatic rings. The van der Waals surface area contributed by atoms with E-state index in [4.69, 9.17) is 15.0 Å². The van der Waals surface area contributed by atoms with Gasteiger partial charge >= 0.3 is 0 Å². The molecule has 10 aromatic rings. The highest BCUT2D eigenvalue weighted by Crippen LogP contribution is 2.41. The Hall–Kier alpha value is -6.47. The van der Waals surface area contributed by atoms with Crippen molar-refractivity contribution in [3.05, 3.63) is 187 Å². The minimum absolute atomic E-state index is 0.441. The van der Waals surface area contributed by atoms with Gasteiger partial charge in [-0.25, -0.2) is 15.0 Å². The van der Waals surface area contributed by atoms with Gasteiger partial charge in [-0.05, 0) is 41.0 Å². The number of fused-ring (bicyclic) bond motifs is 8. The van der Waals surface area contributed by atoms with Crippen molar-refractivity contribution in [2.75, 3.05) is 0 Å². The predicted molar refractivity (Wildman–Crippen MR) is 230 cm³/mol. The van der Waals surface area contributed by atoms with E-state index < -0.39 is 6.17 Å². The molecule has 4 heterocycles. The van der Waals surface area contributed by atoms with Gasteiger partial charge < -0.3 is 5.32 Å². The number of aliphatic imine (C=N–C) groups is 2. The molecule has 0 saturated carbocycles. The van der Waals surface area contributed by atoms with Crippen LogP contribution in [0.2, 0.25) is 0 Å². The number of amidine groups is 2. The van der Waals surface area contributed by atoms with Crippen LogP contribution in [-0.2, 0) is 0 Å². The number of hydrogen-bond donors (Lipinski definition) is 1. The van der Waals surface area contributed by atoms with Gasteiger partial charge in [-0.15, -0.1) is 22.7 Å². The Balaban J connectivity index is 1.05. The van der Waals surface area contributed by atoms with Crippen LogP contribution < -0.4 is 5.32 Å². The molecule has 254 valence electrons. The molecule has 11 rings (SSSR count). The van der Waals surface area contributed by atoms with Crippen LogP contribution in [0.3, 0.4) is 0 Å². The van der Waals surface area contributed by atoms with Crippen molar-refractivity contribution in [3.63, 3.8) is 0 Å². The smallest absolute Gasteiger partial charge is 0.169 e. The summed E-state index contributed by atoms with van der Waals surface area (Å²) >= 11 is 3.63. The van der Waals surface area contributed by atoms with Crippen molar-refractivity contribution in [2.45, 2.75) is 6.17 Å². The summed E-state index contributed by atoms with van der Waals surface area (Å²) in [6.45, 7) is 0. The highest BCUT2D eigenvalue weighted by molar-refractivity contribution is 7.26. The monoisotopic (exact) mass is 726 g/mol. The molecule has 6 heteroatoms. The number of rotatable bonds is 5. The molecule has 7 aromatic carbocycles. The van der Waals surface area contributed by atoms with E-state index in [1.54, 1.807) is 0 Å². The third kappa shape index (κ3) is 5.14. The quantitative estimate of drug-likeness (QED) is 0.192. The van der Waals surface area contributed by atoms with Gasteiger partial charge in [0.2, 0.25) is 0 Å². The Morgan fingerprint density at radius 1 is 0.426 bits per heavy atom. The van der Waals surface area contributed by atoms with E-state index in [0.29, 0.717) is 0 Å². The summed E-state index contributed by atoms with van der Waals surface area (Å²) in [7, 11) is 0. The van der Waals surface area contributed by atoms with E-state index >= 15 is 0 Å². The Labute approximate surface area is 319 Å². The summed E-state index contributed by atoms with van der Waals surface area (Å²) < 4.78 is 4.97. The fourth-order valence-corrected chi connectivity index (χ4v) is 10.1. The molecule has 1 unspecified atom stereocenters. The van der Waals surface area contributed by atoms with Crippen LogP contribution in [0.25, 0.3) is 73.6 Å². The molecule has 0 aliphatic carbocycles. The van der Waals surface area contributed by atoms with Gasteiger partial charge in [0, 0.05) is 57.7 Å². The first kappa shape index (κ1) is 31.1. The van der Waals surface area contributed by atoms with Crippen LogP contribution in [0.15, 0.2) is 180 Å². The number of benzene rings is 7. The molecule has 0 fully saturated rings. The van der Waals surface area contributed by atoms with Crippen molar-refractivity contribution in [2.24, 2.45) is 9.98 Å². The Morgan fingerprint density at radius 3 is 1.85 bits per heavy atom. The Bertz CT molecular complexity index is 3140. The lowest BCUT2D eigenvalue weighted by Crippen LogP contribution is -2.36. The zero-order valence-electron chi connectivity index (χ0n) is 28.9. The average Bonchev–Trinajstić information content (AvgIpc) is 3.82. The molecule has 54 heavy (non-hydrogen) atoms. The minimum atomic E-state index is -0.441. The molecular weight excluding hydrogens is 697 g/mol. The summed E-state index contributed by atoms with van der Waals surface area (Å²) in [6, 6.07) is 60.1. The zero-order chi connectivity index (χ0) is 35.6. The minimum Gasteiger partial charge on any atom is -0.324 e. The maximum absolute atomic E-state index is 5.33. The van der Waals surface area contributed by atoms with E-state index in [0.717, 1.165) is 56.1 Å². The molecule has 0 amide bonds. The second kappa shape index (κ2) is 12.6. The topological polar surface area (TPSA) is 49.6 Å². The van der Waals surface area contributed by atoms with E-state index in [1.807, 2.05) is 28.7 Å². The van der Waals surface area contributed by atoms with Crippen LogP contribution in [-0.4, -0.2) is 16.7 Å². The van der Waals surface area contributed by atoms with Crippen molar-refractivity contribution in [3.8, 4) is 22.4 Å². The predicted octanol–water partition coefficient (Wildman–Crippen LogP) is 12.8. The summed E-state index contributed by atoms with van der Waals surface area (Å²) in [4.78, 5) is 15.9. The first-order valence-electron chi connectivity index (χ1n) is 18.0. The normalized spacial score (nSPS) is 14.5. The number of thiophene rings is 2. The molecule has 0 spiro atoms. The van der Waals surface area contributed by atoms with Gasteiger partial charge in [0.15, 0.2) is 6.17 Å². The highest BCUT2D eigenvalue weighted by Gasteiger charge is 2.24. The number of nitrogens with one attached hydrogen (secondary N) is 1. The number of hydrogen-bond acceptors (Lipinski definition) is 6. The molecule has 1 N–H and O–H groups in total. The summed E-state index contributed by atoms with van der Waals surface area (Å²) in [5.41, 5.74) is 8.54. The number of pyridine rings is 1. The van der Waals surface area contributed by atoms with E-state index in [9.17, 15) is 0 Å². The summed E-state index contributed by atoms with van der Waals surface area (Å²) in [5.74, 6) is 1.62. The van der Waals surface area contributed by atoms with E-state index in [-0.39, 0.29) is 0 Å². The molecule has 1 aliphatic heterocycles. The van der Waals surface area contributed by atoms with Gasteiger partial charge in [0.25, 0.3) is 0 Å². The maximum atomic E-state index is 5.33. The lowest BCUT2D eigenvalue weighted by Gasteiger charge is -2.23. The highest BCUT2D eigenvalue weighted by atomic mass is 32.1. The molecule has 0 saturated heterocycles. The van der Waals surface area contributed by atoms with Crippen LogP contribution in [0.4, 0.5) is 0 Å². The first-order valence-corrected chi connectivity index (χ1v) is 19.7. The molecule has 0 radical (unpaired) electrons. The number of aromatic nitrogens is 1. The second-order valence-corrected chi connectivity index (χ2v) is 15.7. The largest absolute Gasteiger partial charge is 0.324 e. The zero-order valence-corrected chi connectivity index (χ0v) is 30.5. The van der Waals surface area contributed by atoms with E-state index in [2.05, 4.69) is 169 Å². The van der Waals surface area contributed by atoms with Crippen LogP contribution in [0.5, 0.6) is 0 Å². The van der Waals surface area contributed by atoms with Crippen molar-refractivity contribution >= 4 is 85.6 Å². The Morgan fingerprint density at radius 2 is 1.02 bits per heavy atom. The van der Waals surface area contributed by atoms with Gasteiger partial charge in [0.05, 0.1) is 15.9 Å². The molecule has 1 atom stereocenters. The molecule has 4 nitrogen and oxygen atoms in total. The maximum Gasteiger partial charge on any atom is 0.169 e. The summed E-state index contributed by atoms with van der Waals surface area (Å²) in [5, 5.41) is 9.78. The SMILES string of the molecule is c1ccc(-c2cccc(C3=NC(c4ccc(-c5nc6c7ccccc7sc6c6ccccc56)cc4)N=C(c4cccc5c4sc4ccccc45)N3)c2)cc1. The lowest BCUT2D eigenvalue weighted by atomic mass is 10.0. The molecule has 0 bridgehead atoms. The van der Waals surface area contributed by atoms with Crippen LogP contribution in [0, 0.1) is 0 Å². The third-order valence-electron chi connectivity index (χ3n) is 10.3. The first-order chi connectivity index (χ1) is 26.7. The van der Waals surface area contributed by atoms with Gasteiger partial charge in [-0.1, -0.05) is 146 Å². The fourth-order valence-electron chi connectivity index (χ4n) is 7.71. The lowest BCUT2D eigenvalue weighted by molar-refractivity contribution is 0.756. The average molecular weight is 727 g/mol. The van der Waals surface area contributed by atoms with Crippen molar-refractivity contribution in [1.29, 1.82) is 0 Å². The van der Waals surface area contributed by atoms with Crippen molar-refractivity contribution < 1.29 is 0 Å². The van der Waals surface area contributed by atoms with Crippen LogP contribution >= 0.6 is 22.7 Å². The summed E-state index contributed by atoms with van der Waals surface area (Å²) in [6.07, 6.45) is -0.441. The van der Waals surface area contributed by atoms with Gasteiger partial charge in [-0.3, -0.25) is 0 Å². The van der Waals surface area contributed by atoms with Gasteiger partial charge in [-0.2, -0.15) is 0 Å². The molecule has 3 aromatic heterocycles. The Kier molecular flexibility index (Phi) is 7.25. The fraction of sp³-hybridized carbons (Fsp3) is 0.0208. The van der Waals surface area contributed by atoms with Crippen molar-refractivity contribution in [1.82, 2.24) is 10.3 Å². The standard InChI is InChI=1S/C48H30N4S2/c1-2-12-29(13-3-1)32-14-10-15-33(28-32)47-50-46(51-48(52-47)39-21-11-20-36-34-16-6-8-22-40(34)53-44(36)39)31-26-24-30(25-27-31)42-35-17-4-5-18-37(35)45-43(49-42)38-19-7-9-23-41(38)54-45/h1-28,46H,(H,50,51,52). The second-order valence-electron chi connectivity index (χ2n) is 13.6. The van der Waals surface area contributed by atoms with Crippen LogP contribution in [0.1, 0.15) is 22.9 Å². The number of nitrogens with zero attached hydrogens (tertiary/aromatic N) is 3. The van der Waals surface area contributed by atoms with Gasteiger partial charge in [0.1, 0.15) is 11.7 Å². The third-order valence-corrected chi connectivity index (χ3v) is 12.8. The van der Waals surface area contributed by atoms with E-state index in [1.165, 1.54) is 45.9 Å². The molecular formula is C48H30N4S2.